The molecule has 1 aliphatic heterocycles. The maximum absolute atomic E-state index is 12.7. The molecule has 7 nitrogen and oxygen atoms in total. The van der Waals surface area contributed by atoms with Gasteiger partial charge in [0.1, 0.15) is 11.5 Å². The normalized spacial score (nSPS) is 15.2. The number of nitrogens with zero attached hydrogens (tertiary/aromatic N) is 2. The highest BCUT2D eigenvalue weighted by molar-refractivity contribution is 9.10. The first-order valence-corrected chi connectivity index (χ1v) is 10.8. The van der Waals surface area contributed by atoms with Crippen molar-refractivity contribution >= 4 is 50.6 Å². The average Bonchev–Trinajstić information content (AvgIpc) is 3.30. The number of carbonyl (C=O) groups is 2. The van der Waals surface area contributed by atoms with Gasteiger partial charge in [0.2, 0.25) is 0 Å². The van der Waals surface area contributed by atoms with E-state index in [9.17, 15) is 19.7 Å². The van der Waals surface area contributed by atoms with Crippen molar-refractivity contribution in [3.05, 3.63) is 91.0 Å². The van der Waals surface area contributed by atoms with Crippen LogP contribution in [0.25, 0.3) is 17.4 Å². The monoisotopic (exact) mass is 498 g/mol. The third-order valence-corrected chi connectivity index (χ3v) is 6.16. The van der Waals surface area contributed by atoms with Crippen molar-refractivity contribution < 1.29 is 18.9 Å². The lowest BCUT2D eigenvalue weighted by atomic mass is 10.1. The van der Waals surface area contributed by atoms with Crippen LogP contribution in [0.15, 0.2) is 68.4 Å². The van der Waals surface area contributed by atoms with E-state index in [0.29, 0.717) is 17.1 Å². The predicted molar refractivity (Wildman–Crippen MR) is 121 cm³/mol. The van der Waals surface area contributed by atoms with Crippen LogP contribution in [-0.2, 0) is 11.3 Å². The average molecular weight is 499 g/mol. The smallest absolute Gasteiger partial charge is 0.293 e. The Morgan fingerprint density at radius 2 is 1.87 bits per heavy atom. The molecule has 31 heavy (non-hydrogen) atoms. The Kier molecular flexibility index (Phi) is 5.79. The number of carbonyl (C=O) groups excluding carboxylic acids is 2. The fourth-order valence-corrected chi connectivity index (χ4v) is 4.18. The highest BCUT2D eigenvalue weighted by Gasteiger charge is 2.35. The topological polar surface area (TPSA) is 93.7 Å². The second-order valence-corrected chi connectivity index (χ2v) is 8.76. The number of benzene rings is 2. The standard InChI is InChI=1S/C22H15BrN2O5S/c1-13-2-7-16(25(28)29)10-18(13)19-9-8-17(30-19)11-20-21(26)24(22(27)31-20)12-14-3-5-15(23)6-4-14/h2-11H,12H2,1H3/b20-11-. The van der Waals surface area contributed by atoms with E-state index in [1.165, 1.54) is 23.1 Å². The maximum atomic E-state index is 12.7. The van der Waals surface area contributed by atoms with E-state index in [-0.39, 0.29) is 28.3 Å². The van der Waals surface area contributed by atoms with Gasteiger partial charge < -0.3 is 4.42 Å². The summed E-state index contributed by atoms with van der Waals surface area (Å²) in [7, 11) is 0. The first-order valence-electron chi connectivity index (χ1n) is 9.17. The number of furan rings is 1. The molecule has 1 aliphatic rings. The Morgan fingerprint density at radius 3 is 2.58 bits per heavy atom. The highest BCUT2D eigenvalue weighted by Crippen LogP contribution is 2.35. The second-order valence-electron chi connectivity index (χ2n) is 6.85. The van der Waals surface area contributed by atoms with Gasteiger partial charge in [0.05, 0.1) is 16.4 Å². The molecule has 0 atom stereocenters. The summed E-state index contributed by atoms with van der Waals surface area (Å²) in [5.41, 5.74) is 2.22. The third-order valence-electron chi connectivity index (χ3n) is 4.73. The molecule has 1 saturated heterocycles. The number of amides is 2. The molecule has 0 spiro atoms. The lowest BCUT2D eigenvalue weighted by Gasteiger charge is -2.12. The van der Waals surface area contributed by atoms with Gasteiger partial charge in [-0.25, -0.2) is 0 Å². The number of imide groups is 1. The Balaban J connectivity index is 1.56. The number of aryl methyl sites for hydroxylation is 1. The molecule has 2 amide bonds. The number of hydrogen-bond acceptors (Lipinski definition) is 6. The molecule has 0 saturated carbocycles. The quantitative estimate of drug-likeness (QED) is 0.237. The summed E-state index contributed by atoms with van der Waals surface area (Å²) < 4.78 is 6.71. The summed E-state index contributed by atoms with van der Waals surface area (Å²) in [6, 6.07) is 15.3. The minimum atomic E-state index is -0.464. The number of thioether (sulfide) groups is 1. The fourth-order valence-electron chi connectivity index (χ4n) is 3.10. The molecule has 3 aromatic rings. The van der Waals surface area contributed by atoms with E-state index in [0.717, 1.165) is 27.4 Å². The van der Waals surface area contributed by atoms with Crippen molar-refractivity contribution in [2.45, 2.75) is 13.5 Å². The molecule has 0 unspecified atom stereocenters. The van der Waals surface area contributed by atoms with Crippen LogP contribution >= 0.6 is 27.7 Å². The van der Waals surface area contributed by atoms with Gasteiger partial charge in [-0.2, -0.15) is 0 Å². The summed E-state index contributed by atoms with van der Waals surface area (Å²) in [6.45, 7) is 2.01. The van der Waals surface area contributed by atoms with Gasteiger partial charge in [-0.3, -0.25) is 24.6 Å². The first-order chi connectivity index (χ1) is 14.8. The summed E-state index contributed by atoms with van der Waals surface area (Å²) in [5.74, 6) is 0.444. The van der Waals surface area contributed by atoms with Crippen LogP contribution in [0.3, 0.4) is 0 Å². The summed E-state index contributed by atoms with van der Waals surface area (Å²) in [6.07, 6.45) is 1.52. The van der Waals surface area contributed by atoms with Crippen LogP contribution in [0, 0.1) is 17.0 Å². The van der Waals surface area contributed by atoms with Crippen molar-refractivity contribution in [1.29, 1.82) is 0 Å². The van der Waals surface area contributed by atoms with Crippen LogP contribution in [0.2, 0.25) is 0 Å². The number of halogens is 1. The van der Waals surface area contributed by atoms with E-state index in [1.807, 2.05) is 31.2 Å². The molecule has 0 radical (unpaired) electrons. The first kappa shape index (κ1) is 21.1. The zero-order valence-corrected chi connectivity index (χ0v) is 18.6. The van der Waals surface area contributed by atoms with Gasteiger partial charge in [-0.15, -0.1) is 0 Å². The molecule has 1 aromatic heterocycles. The van der Waals surface area contributed by atoms with Crippen molar-refractivity contribution in [3.63, 3.8) is 0 Å². The fraction of sp³-hybridized carbons (Fsp3) is 0.0909. The minimum Gasteiger partial charge on any atom is -0.457 e. The lowest BCUT2D eigenvalue weighted by molar-refractivity contribution is -0.384. The lowest BCUT2D eigenvalue weighted by Crippen LogP contribution is -2.27. The maximum Gasteiger partial charge on any atom is 0.293 e. The number of non-ortho nitro benzene ring substituents is 1. The van der Waals surface area contributed by atoms with Crippen molar-refractivity contribution in [2.75, 3.05) is 0 Å². The molecular weight excluding hydrogens is 484 g/mol. The number of hydrogen-bond donors (Lipinski definition) is 0. The Labute approximate surface area is 190 Å². The zero-order chi connectivity index (χ0) is 22.1. The molecule has 156 valence electrons. The van der Waals surface area contributed by atoms with Crippen LogP contribution in [0.4, 0.5) is 10.5 Å². The minimum absolute atomic E-state index is 0.0346. The van der Waals surface area contributed by atoms with E-state index in [2.05, 4.69) is 15.9 Å². The summed E-state index contributed by atoms with van der Waals surface area (Å²) >= 11 is 4.21. The summed E-state index contributed by atoms with van der Waals surface area (Å²) in [4.78, 5) is 37.1. The van der Waals surface area contributed by atoms with E-state index < -0.39 is 4.92 Å². The highest BCUT2D eigenvalue weighted by atomic mass is 79.9. The molecule has 0 bridgehead atoms. The third kappa shape index (κ3) is 4.47. The molecule has 0 N–H and O–H groups in total. The molecule has 9 heteroatoms. The summed E-state index contributed by atoms with van der Waals surface area (Å²) in [5, 5.41) is 10.7. The molecule has 1 fully saturated rings. The van der Waals surface area contributed by atoms with Gasteiger partial charge in [-0.05, 0) is 54.1 Å². The number of rotatable bonds is 5. The Morgan fingerprint density at radius 1 is 1.13 bits per heavy atom. The van der Waals surface area contributed by atoms with E-state index in [4.69, 9.17) is 4.42 Å². The number of nitro groups is 1. The van der Waals surface area contributed by atoms with Crippen LogP contribution in [0.1, 0.15) is 16.9 Å². The molecule has 2 aromatic carbocycles. The Hall–Kier alpha value is -3.17. The largest absolute Gasteiger partial charge is 0.457 e. The molecule has 2 heterocycles. The van der Waals surface area contributed by atoms with Crippen molar-refractivity contribution in [3.8, 4) is 11.3 Å². The van der Waals surface area contributed by atoms with E-state index >= 15 is 0 Å². The van der Waals surface area contributed by atoms with Gasteiger partial charge >= 0.3 is 0 Å². The zero-order valence-electron chi connectivity index (χ0n) is 16.2. The van der Waals surface area contributed by atoms with Crippen molar-refractivity contribution in [2.24, 2.45) is 0 Å². The second kappa shape index (κ2) is 8.52. The van der Waals surface area contributed by atoms with Gasteiger partial charge in [0.15, 0.2) is 0 Å². The number of nitro benzene ring substituents is 1. The molecule has 4 rings (SSSR count). The van der Waals surface area contributed by atoms with Crippen LogP contribution in [0.5, 0.6) is 0 Å². The Bertz CT molecular complexity index is 1230. The van der Waals surface area contributed by atoms with Gasteiger partial charge in [0.25, 0.3) is 16.8 Å². The van der Waals surface area contributed by atoms with Gasteiger partial charge in [0, 0.05) is 28.2 Å². The predicted octanol–water partition coefficient (Wildman–Crippen LogP) is 6.16. The van der Waals surface area contributed by atoms with Crippen LogP contribution in [-0.4, -0.2) is 21.0 Å². The van der Waals surface area contributed by atoms with Crippen molar-refractivity contribution in [1.82, 2.24) is 4.90 Å². The van der Waals surface area contributed by atoms with E-state index in [1.54, 1.807) is 18.2 Å². The van der Waals surface area contributed by atoms with Gasteiger partial charge in [-0.1, -0.05) is 34.1 Å². The molecular formula is C22H15BrN2O5S. The van der Waals surface area contributed by atoms with Crippen LogP contribution < -0.4 is 0 Å². The SMILES string of the molecule is Cc1ccc([N+](=O)[O-])cc1-c1ccc(/C=C2\SC(=O)N(Cc3ccc(Br)cc3)C2=O)o1. The molecule has 0 aliphatic carbocycles.